The van der Waals surface area contributed by atoms with Gasteiger partial charge in [-0.15, -0.1) is 11.6 Å². The molecular formula is C11H11ClN2OS. The van der Waals surface area contributed by atoms with Gasteiger partial charge < -0.3 is 9.30 Å². The molecule has 0 N–H and O–H groups in total. The van der Waals surface area contributed by atoms with Gasteiger partial charge in [0.15, 0.2) is 0 Å². The van der Waals surface area contributed by atoms with Gasteiger partial charge in [0.1, 0.15) is 18.5 Å². The molecule has 1 aliphatic heterocycles. The Hall–Kier alpha value is -0.840. The van der Waals surface area contributed by atoms with E-state index in [0.29, 0.717) is 12.5 Å². The van der Waals surface area contributed by atoms with Crippen LogP contribution in [0.15, 0.2) is 23.0 Å². The largest absolute Gasteiger partial charge is 0.364 e. The minimum Gasteiger partial charge on any atom is -0.364 e. The molecule has 3 heterocycles. The lowest BCUT2D eigenvalue weighted by Gasteiger charge is -2.23. The molecule has 1 atom stereocenters. The van der Waals surface area contributed by atoms with Crippen molar-refractivity contribution in [2.45, 2.75) is 25.1 Å². The lowest BCUT2D eigenvalue weighted by Crippen LogP contribution is -2.20. The van der Waals surface area contributed by atoms with Crippen molar-refractivity contribution in [2.75, 3.05) is 0 Å². The maximum Gasteiger partial charge on any atom is 0.135 e. The summed E-state index contributed by atoms with van der Waals surface area (Å²) in [6, 6.07) is 2.11. The van der Waals surface area contributed by atoms with Gasteiger partial charge >= 0.3 is 0 Å². The Morgan fingerprint density at radius 2 is 2.56 bits per heavy atom. The van der Waals surface area contributed by atoms with Crippen LogP contribution in [0.3, 0.4) is 0 Å². The van der Waals surface area contributed by atoms with Crippen LogP contribution in [0.25, 0.3) is 0 Å². The van der Waals surface area contributed by atoms with Crippen molar-refractivity contribution in [3.8, 4) is 0 Å². The summed E-state index contributed by atoms with van der Waals surface area (Å²) in [5, 5.41) is 4.21. The number of rotatable bonds is 2. The van der Waals surface area contributed by atoms with E-state index in [1.165, 1.54) is 5.56 Å². The highest BCUT2D eigenvalue weighted by Gasteiger charge is 2.22. The lowest BCUT2D eigenvalue weighted by atomic mass is 10.2. The third-order valence-electron chi connectivity index (χ3n) is 2.74. The molecule has 5 heteroatoms. The van der Waals surface area contributed by atoms with Gasteiger partial charge in [0.05, 0.1) is 18.1 Å². The number of aromatic nitrogens is 2. The first-order chi connectivity index (χ1) is 7.86. The number of ether oxygens (including phenoxy) is 1. The fraction of sp³-hybridized carbons (Fsp3) is 0.364. The summed E-state index contributed by atoms with van der Waals surface area (Å²) in [6.07, 6.45) is 2.17. The second-order valence-corrected chi connectivity index (χ2v) is 4.84. The van der Waals surface area contributed by atoms with Gasteiger partial charge in [-0.25, -0.2) is 4.98 Å². The number of halogens is 1. The van der Waals surface area contributed by atoms with Crippen LogP contribution in [0.2, 0.25) is 0 Å². The third kappa shape index (κ3) is 1.77. The molecule has 3 nitrogen and oxygen atoms in total. The van der Waals surface area contributed by atoms with E-state index in [9.17, 15) is 0 Å². The van der Waals surface area contributed by atoms with Crippen LogP contribution in [0.4, 0.5) is 0 Å². The van der Waals surface area contributed by atoms with Crippen LogP contribution in [-0.2, 0) is 23.8 Å². The summed E-state index contributed by atoms with van der Waals surface area (Å²) >= 11 is 7.47. The number of nitrogens with zero attached hydrogens (tertiary/aromatic N) is 2. The molecule has 3 rings (SSSR count). The number of alkyl halides is 1. The molecule has 0 amide bonds. The topological polar surface area (TPSA) is 27.1 Å². The van der Waals surface area contributed by atoms with Crippen LogP contribution in [0.1, 0.15) is 23.2 Å². The minimum atomic E-state index is 0.149. The smallest absolute Gasteiger partial charge is 0.135 e. The minimum absolute atomic E-state index is 0.149. The molecule has 1 aliphatic rings. The first-order valence-corrected chi connectivity index (χ1v) is 6.59. The normalized spacial score (nSPS) is 19.7. The van der Waals surface area contributed by atoms with Gasteiger partial charge in [-0.2, -0.15) is 11.3 Å². The van der Waals surface area contributed by atoms with Crippen LogP contribution in [0.5, 0.6) is 0 Å². The SMILES string of the molecule is ClCc1cn2c(n1)CO[C@H](c1ccsc1)C2. The van der Waals surface area contributed by atoms with Crippen molar-refractivity contribution < 1.29 is 4.74 Å². The summed E-state index contributed by atoms with van der Waals surface area (Å²) in [5.74, 6) is 1.44. The maximum absolute atomic E-state index is 5.79. The van der Waals surface area contributed by atoms with Crippen molar-refractivity contribution in [1.82, 2.24) is 9.55 Å². The molecule has 0 saturated carbocycles. The first kappa shape index (κ1) is 10.3. The summed E-state index contributed by atoms with van der Waals surface area (Å²) < 4.78 is 7.93. The predicted octanol–water partition coefficient (Wildman–Crippen LogP) is 2.95. The molecule has 0 radical (unpaired) electrons. The molecule has 84 valence electrons. The Kier molecular flexibility index (Phi) is 2.71. The Labute approximate surface area is 103 Å². The molecule has 0 bridgehead atoms. The van der Waals surface area contributed by atoms with Crippen LogP contribution in [0, 0.1) is 0 Å². The van der Waals surface area contributed by atoms with E-state index in [2.05, 4.69) is 26.4 Å². The second kappa shape index (κ2) is 4.20. The molecule has 0 spiro atoms. The highest BCUT2D eigenvalue weighted by Crippen LogP contribution is 2.27. The zero-order valence-electron chi connectivity index (χ0n) is 8.60. The monoisotopic (exact) mass is 254 g/mol. The van der Waals surface area contributed by atoms with Crippen molar-refractivity contribution >= 4 is 22.9 Å². The summed E-state index contributed by atoms with van der Waals surface area (Å²) in [7, 11) is 0. The Balaban J connectivity index is 1.85. The summed E-state index contributed by atoms with van der Waals surface area (Å²) in [6.45, 7) is 1.40. The fourth-order valence-electron chi connectivity index (χ4n) is 1.92. The molecule has 2 aromatic rings. The van der Waals surface area contributed by atoms with Crippen molar-refractivity contribution in [3.63, 3.8) is 0 Å². The summed E-state index contributed by atoms with van der Waals surface area (Å²) in [5.41, 5.74) is 2.17. The zero-order chi connectivity index (χ0) is 11.0. The van der Waals surface area contributed by atoms with E-state index in [-0.39, 0.29) is 6.10 Å². The number of fused-ring (bicyclic) bond motifs is 1. The van der Waals surface area contributed by atoms with Gasteiger partial charge in [-0.05, 0) is 22.4 Å². The predicted molar refractivity (Wildman–Crippen MR) is 63.6 cm³/mol. The van der Waals surface area contributed by atoms with E-state index in [1.54, 1.807) is 11.3 Å². The highest BCUT2D eigenvalue weighted by molar-refractivity contribution is 7.07. The fourth-order valence-corrected chi connectivity index (χ4v) is 2.75. The number of thiophene rings is 1. The molecule has 0 fully saturated rings. The number of hydrogen-bond acceptors (Lipinski definition) is 3. The Bertz CT molecular complexity index is 480. The van der Waals surface area contributed by atoms with Crippen molar-refractivity contribution in [3.05, 3.63) is 40.1 Å². The Morgan fingerprint density at radius 1 is 1.62 bits per heavy atom. The van der Waals surface area contributed by atoms with Crippen LogP contribution >= 0.6 is 22.9 Å². The van der Waals surface area contributed by atoms with E-state index < -0.39 is 0 Å². The van der Waals surface area contributed by atoms with Crippen molar-refractivity contribution in [2.24, 2.45) is 0 Å². The van der Waals surface area contributed by atoms with Gasteiger partial charge in [0, 0.05) is 6.20 Å². The van der Waals surface area contributed by atoms with Gasteiger partial charge in [0.25, 0.3) is 0 Å². The molecule has 2 aromatic heterocycles. The summed E-state index contributed by atoms with van der Waals surface area (Å²) in [4.78, 5) is 4.39. The zero-order valence-corrected chi connectivity index (χ0v) is 10.2. The molecular weight excluding hydrogens is 244 g/mol. The van der Waals surface area contributed by atoms with Gasteiger partial charge in [-0.3, -0.25) is 0 Å². The highest BCUT2D eigenvalue weighted by atomic mass is 35.5. The van der Waals surface area contributed by atoms with Gasteiger partial charge in [0.2, 0.25) is 0 Å². The number of hydrogen-bond donors (Lipinski definition) is 0. The van der Waals surface area contributed by atoms with Crippen LogP contribution < -0.4 is 0 Å². The van der Waals surface area contributed by atoms with E-state index in [4.69, 9.17) is 16.3 Å². The average Bonchev–Trinajstić information content (AvgIpc) is 2.96. The molecule has 0 saturated heterocycles. The molecule has 0 aromatic carbocycles. The van der Waals surface area contributed by atoms with Crippen molar-refractivity contribution in [1.29, 1.82) is 0 Å². The number of imidazole rings is 1. The molecule has 0 aliphatic carbocycles. The third-order valence-corrected chi connectivity index (χ3v) is 3.71. The molecule has 0 unspecified atom stereocenters. The van der Waals surface area contributed by atoms with E-state index in [0.717, 1.165) is 18.1 Å². The van der Waals surface area contributed by atoms with E-state index >= 15 is 0 Å². The Morgan fingerprint density at radius 3 is 3.31 bits per heavy atom. The van der Waals surface area contributed by atoms with Crippen LogP contribution in [-0.4, -0.2) is 9.55 Å². The lowest BCUT2D eigenvalue weighted by molar-refractivity contribution is 0.000735. The quantitative estimate of drug-likeness (QED) is 0.771. The van der Waals surface area contributed by atoms with E-state index in [1.807, 2.05) is 6.20 Å². The maximum atomic E-state index is 5.79. The van der Waals surface area contributed by atoms with Gasteiger partial charge in [-0.1, -0.05) is 0 Å². The molecule has 16 heavy (non-hydrogen) atoms. The second-order valence-electron chi connectivity index (χ2n) is 3.79. The first-order valence-electron chi connectivity index (χ1n) is 5.11. The standard InChI is InChI=1S/C11H11ClN2OS/c12-3-9-4-14-5-10(8-1-2-16-7-8)15-6-11(14)13-9/h1-2,4,7,10H,3,5-6H2/t10-/m0/s1. The average molecular weight is 255 g/mol.